The summed E-state index contributed by atoms with van der Waals surface area (Å²) in [6.45, 7) is 2.77. The fraction of sp³-hybridized carbons (Fsp3) is 0.333. The smallest absolute Gasteiger partial charge is 0.253 e. The Morgan fingerprint density at radius 1 is 1.24 bits per heavy atom. The molecule has 0 saturated heterocycles. The lowest BCUT2D eigenvalue weighted by atomic mass is 10.2. The molecular weight excluding hydrogens is 218 g/mol. The highest BCUT2D eigenvalue weighted by molar-refractivity contribution is 5.31. The number of benzene rings is 1. The van der Waals surface area contributed by atoms with Crippen molar-refractivity contribution in [2.45, 2.75) is 20.0 Å². The highest BCUT2D eigenvalue weighted by Gasteiger charge is 2.06. The second-order valence-electron chi connectivity index (χ2n) is 3.68. The first-order valence-corrected chi connectivity index (χ1v) is 5.49. The Kier molecular flexibility index (Phi) is 3.72. The SMILES string of the molecule is Cc1ccccc1OCc1nnc(CCN)o1. The molecule has 17 heavy (non-hydrogen) atoms. The van der Waals surface area contributed by atoms with Crippen molar-refractivity contribution in [2.24, 2.45) is 5.73 Å². The zero-order valence-electron chi connectivity index (χ0n) is 9.72. The zero-order chi connectivity index (χ0) is 12.1. The van der Waals surface area contributed by atoms with Crippen LogP contribution in [0, 0.1) is 6.92 Å². The molecule has 90 valence electrons. The molecule has 0 atom stereocenters. The molecule has 0 aliphatic rings. The molecule has 0 radical (unpaired) electrons. The van der Waals surface area contributed by atoms with Crippen molar-refractivity contribution in [1.29, 1.82) is 0 Å². The van der Waals surface area contributed by atoms with E-state index in [4.69, 9.17) is 14.9 Å². The molecule has 0 bridgehead atoms. The molecule has 5 nitrogen and oxygen atoms in total. The highest BCUT2D eigenvalue weighted by atomic mass is 16.5. The fourth-order valence-corrected chi connectivity index (χ4v) is 1.43. The molecule has 2 rings (SSSR count). The summed E-state index contributed by atoms with van der Waals surface area (Å²) >= 11 is 0. The van der Waals surface area contributed by atoms with Gasteiger partial charge < -0.3 is 14.9 Å². The third kappa shape index (κ3) is 3.04. The third-order valence-corrected chi connectivity index (χ3v) is 2.31. The summed E-state index contributed by atoms with van der Waals surface area (Å²) in [5.41, 5.74) is 6.47. The van der Waals surface area contributed by atoms with Crippen LogP contribution in [0.5, 0.6) is 5.75 Å². The number of para-hydroxylation sites is 1. The Labute approximate surface area is 99.6 Å². The normalized spacial score (nSPS) is 10.5. The highest BCUT2D eigenvalue weighted by Crippen LogP contribution is 2.17. The topological polar surface area (TPSA) is 74.2 Å². The third-order valence-electron chi connectivity index (χ3n) is 2.31. The van der Waals surface area contributed by atoms with Gasteiger partial charge in [-0.1, -0.05) is 18.2 Å². The van der Waals surface area contributed by atoms with E-state index in [1.54, 1.807) is 0 Å². The van der Waals surface area contributed by atoms with Crippen molar-refractivity contribution < 1.29 is 9.15 Å². The molecule has 0 aliphatic carbocycles. The summed E-state index contributed by atoms with van der Waals surface area (Å²) in [7, 11) is 0. The van der Waals surface area contributed by atoms with Gasteiger partial charge in [0.25, 0.3) is 5.89 Å². The van der Waals surface area contributed by atoms with Crippen LogP contribution in [0.1, 0.15) is 17.3 Å². The minimum Gasteiger partial charge on any atom is -0.484 e. The molecule has 0 saturated carbocycles. The molecule has 1 aromatic heterocycles. The molecule has 1 heterocycles. The van der Waals surface area contributed by atoms with Crippen LogP contribution in [0.15, 0.2) is 28.7 Å². The van der Waals surface area contributed by atoms with Gasteiger partial charge in [0.2, 0.25) is 5.89 Å². The van der Waals surface area contributed by atoms with Crippen LogP contribution in [-0.4, -0.2) is 16.7 Å². The summed E-state index contributed by atoms with van der Waals surface area (Å²) in [4.78, 5) is 0. The molecule has 1 aromatic carbocycles. The monoisotopic (exact) mass is 233 g/mol. The van der Waals surface area contributed by atoms with Gasteiger partial charge in [-0.05, 0) is 18.6 Å². The van der Waals surface area contributed by atoms with E-state index >= 15 is 0 Å². The predicted octanol–water partition coefficient (Wildman–Crippen LogP) is 1.46. The fourth-order valence-electron chi connectivity index (χ4n) is 1.43. The Balaban J connectivity index is 1.95. The largest absolute Gasteiger partial charge is 0.484 e. The number of aromatic nitrogens is 2. The first kappa shape index (κ1) is 11.6. The second-order valence-corrected chi connectivity index (χ2v) is 3.68. The van der Waals surface area contributed by atoms with Crippen molar-refractivity contribution in [3.05, 3.63) is 41.6 Å². The summed E-state index contributed by atoms with van der Waals surface area (Å²) in [5.74, 6) is 1.85. The zero-order valence-corrected chi connectivity index (χ0v) is 9.72. The van der Waals surface area contributed by atoms with E-state index in [2.05, 4.69) is 10.2 Å². The first-order chi connectivity index (χ1) is 8.29. The molecule has 2 N–H and O–H groups in total. The summed E-state index contributed by atoms with van der Waals surface area (Å²) in [6, 6.07) is 7.79. The Bertz CT molecular complexity index is 482. The predicted molar refractivity (Wildman–Crippen MR) is 62.6 cm³/mol. The number of aryl methyl sites for hydroxylation is 1. The van der Waals surface area contributed by atoms with Gasteiger partial charge in [-0.3, -0.25) is 0 Å². The number of hydrogen-bond acceptors (Lipinski definition) is 5. The Morgan fingerprint density at radius 2 is 2.00 bits per heavy atom. The number of hydrogen-bond donors (Lipinski definition) is 1. The van der Waals surface area contributed by atoms with Gasteiger partial charge in [0.15, 0.2) is 6.61 Å². The van der Waals surface area contributed by atoms with E-state index in [-0.39, 0.29) is 6.61 Å². The van der Waals surface area contributed by atoms with E-state index in [1.165, 1.54) is 0 Å². The molecule has 2 aromatic rings. The Hall–Kier alpha value is -1.88. The van der Waals surface area contributed by atoms with E-state index in [1.807, 2.05) is 31.2 Å². The molecular formula is C12H15N3O2. The summed E-state index contributed by atoms with van der Waals surface area (Å²) in [5, 5.41) is 7.75. The van der Waals surface area contributed by atoms with Crippen LogP contribution >= 0.6 is 0 Å². The second kappa shape index (κ2) is 5.45. The van der Waals surface area contributed by atoms with Crippen LogP contribution in [0.2, 0.25) is 0 Å². The number of rotatable bonds is 5. The van der Waals surface area contributed by atoms with E-state index in [9.17, 15) is 0 Å². The van der Waals surface area contributed by atoms with Gasteiger partial charge in [-0.25, -0.2) is 0 Å². The van der Waals surface area contributed by atoms with E-state index in [0.29, 0.717) is 24.7 Å². The maximum Gasteiger partial charge on any atom is 0.253 e. The van der Waals surface area contributed by atoms with E-state index in [0.717, 1.165) is 11.3 Å². The van der Waals surface area contributed by atoms with E-state index < -0.39 is 0 Å². The summed E-state index contributed by atoms with van der Waals surface area (Å²) < 4.78 is 10.9. The van der Waals surface area contributed by atoms with Gasteiger partial charge >= 0.3 is 0 Å². The molecule has 0 amide bonds. The lowest BCUT2D eigenvalue weighted by molar-refractivity contribution is 0.257. The molecule has 0 spiro atoms. The number of nitrogens with two attached hydrogens (primary N) is 1. The first-order valence-electron chi connectivity index (χ1n) is 5.49. The molecule has 5 heteroatoms. The Morgan fingerprint density at radius 3 is 2.76 bits per heavy atom. The maximum atomic E-state index is 5.59. The van der Waals surface area contributed by atoms with Crippen molar-refractivity contribution in [2.75, 3.05) is 6.54 Å². The van der Waals surface area contributed by atoms with Crippen molar-refractivity contribution in [3.63, 3.8) is 0 Å². The quantitative estimate of drug-likeness (QED) is 0.846. The average molecular weight is 233 g/mol. The van der Waals surface area contributed by atoms with Crippen LogP contribution in [0.25, 0.3) is 0 Å². The van der Waals surface area contributed by atoms with Gasteiger partial charge in [0, 0.05) is 13.0 Å². The van der Waals surface area contributed by atoms with Crippen molar-refractivity contribution in [3.8, 4) is 5.75 Å². The van der Waals surface area contributed by atoms with Crippen molar-refractivity contribution >= 4 is 0 Å². The lowest BCUT2D eigenvalue weighted by Gasteiger charge is -2.05. The molecule has 0 unspecified atom stereocenters. The van der Waals surface area contributed by atoms with Crippen LogP contribution < -0.4 is 10.5 Å². The van der Waals surface area contributed by atoms with Gasteiger partial charge in [0.1, 0.15) is 5.75 Å². The number of nitrogens with zero attached hydrogens (tertiary/aromatic N) is 2. The lowest BCUT2D eigenvalue weighted by Crippen LogP contribution is -2.02. The maximum absolute atomic E-state index is 5.59. The average Bonchev–Trinajstić information content (AvgIpc) is 2.76. The summed E-state index contributed by atoms with van der Waals surface area (Å²) in [6.07, 6.45) is 0.595. The number of ether oxygens (including phenoxy) is 1. The van der Waals surface area contributed by atoms with Gasteiger partial charge in [0.05, 0.1) is 0 Å². The van der Waals surface area contributed by atoms with Crippen LogP contribution in [0.4, 0.5) is 0 Å². The van der Waals surface area contributed by atoms with Crippen LogP contribution in [-0.2, 0) is 13.0 Å². The standard InChI is InChI=1S/C12H15N3O2/c1-9-4-2-3-5-10(9)16-8-12-15-14-11(17-12)6-7-13/h2-5H,6-8,13H2,1H3. The van der Waals surface area contributed by atoms with Gasteiger partial charge in [-0.2, -0.15) is 0 Å². The molecule has 0 aliphatic heterocycles. The van der Waals surface area contributed by atoms with Crippen molar-refractivity contribution in [1.82, 2.24) is 10.2 Å². The molecule has 0 fully saturated rings. The minimum absolute atomic E-state index is 0.280. The minimum atomic E-state index is 0.280. The van der Waals surface area contributed by atoms with Gasteiger partial charge in [-0.15, -0.1) is 10.2 Å². The van der Waals surface area contributed by atoms with Crippen LogP contribution in [0.3, 0.4) is 0 Å².